The van der Waals surface area contributed by atoms with Crippen molar-refractivity contribution < 1.29 is 14.3 Å². The molecule has 0 bridgehead atoms. The molecule has 136 valence electrons. The summed E-state index contributed by atoms with van der Waals surface area (Å²) in [7, 11) is 1.57. The number of para-hydroxylation sites is 1. The van der Waals surface area contributed by atoms with Crippen molar-refractivity contribution in [3.8, 4) is 5.75 Å². The molecule has 5 nitrogen and oxygen atoms in total. The Morgan fingerprint density at radius 3 is 2.52 bits per heavy atom. The number of imide groups is 1. The first-order chi connectivity index (χ1) is 13.1. The summed E-state index contributed by atoms with van der Waals surface area (Å²) in [4.78, 5) is 29.8. The summed E-state index contributed by atoms with van der Waals surface area (Å²) < 4.78 is 5.13. The number of hydrogen-bond acceptors (Lipinski definition) is 3. The van der Waals surface area contributed by atoms with E-state index in [1.807, 2.05) is 30.5 Å². The molecule has 2 heterocycles. The summed E-state index contributed by atoms with van der Waals surface area (Å²) in [5.74, 6) is -0.147. The van der Waals surface area contributed by atoms with Crippen molar-refractivity contribution in [2.24, 2.45) is 0 Å². The fourth-order valence-corrected chi connectivity index (χ4v) is 3.62. The number of carbonyl (C=O) groups is 2. The second-order valence-electron chi connectivity index (χ2n) is 6.29. The third kappa shape index (κ3) is 3.00. The number of nitrogens with one attached hydrogen (secondary N) is 1. The highest BCUT2D eigenvalue weighted by Crippen LogP contribution is 2.32. The molecule has 4 rings (SSSR count). The SMILES string of the molecule is COc1ccc(C2=C(Cl)C(=O)N(CCc3c[nH]c4ccccc34)C2=O)cc1. The van der Waals surface area contributed by atoms with Gasteiger partial charge in [-0.05, 0) is 35.7 Å². The number of fused-ring (bicyclic) bond motifs is 1. The lowest BCUT2D eigenvalue weighted by Gasteiger charge is -2.14. The van der Waals surface area contributed by atoms with E-state index in [0.29, 0.717) is 17.7 Å². The first-order valence-electron chi connectivity index (χ1n) is 8.55. The standard InChI is InChI=1S/C21H17ClN2O3/c1-27-15-8-6-13(7-9-15)18-19(22)21(26)24(20(18)25)11-10-14-12-23-17-5-3-2-4-16(14)17/h2-9,12,23H,10-11H2,1H3. The summed E-state index contributed by atoms with van der Waals surface area (Å²) >= 11 is 6.21. The largest absolute Gasteiger partial charge is 0.497 e. The van der Waals surface area contributed by atoms with Gasteiger partial charge in [0.2, 0.25) is 0 Å². The quantitative estimate of drug-likeness (QED) is 0.686. The van der Waals surface area contributed by atoms with Crippen LogP contribution in [0.4, 0.5) is 0 Å². The minimum absolute atomic E-state index is 0.0379. The van der Waals surface area contributed by atoms with Crippen LogP contribution in [0.15, 0.2) is 59.8 Å². The molecular weight excluding hydrogens is 364 g/mol. The third-order valence-electron chi connectivity index (χ3n) is 4.77. The van der Waals surface area contributed by atoms with E-state index in [1.165, 1.54) is 4.90 Å². The van der Waals surface area contributed by atoms with Crippen molar-refractivity contribution in [3.63, 3.8) is 0 Å². The molecule has 0 saturated carbocycles. The Kier molecular flexibility index (Phi) is 4.46. The zero-order chi connectivity index (χ0) is 19.0. The zero-order valence-electron chi connectivity index (χ0n) is 14.7. The molecule has 27 heavy (non-hydrogen) atoms. The summed E-state index contributed by atoms with van der Waals surface area (Å²) in [5.41, 5.74) is 2.93. The number of benzene rings is 2. The lowest BCUT2D eigenvalue weighted by Crippen LogP contribution is -2.33. The van der Waals surface area contributed by atoms with Gasteiger partial charge in [0.25, 0.3) is 11.8 Å². The molecule has 1 aliphatic heterocycles. The molecule has 0 spiro atoms. The predicted octanol–water partition coefficient (Wildman–Crippen LogP) is 3.74. The Bertz CT molecular complexity index is 1070. The second kappa shape index (κ2) is 6.93. The monoisotopic (exact) mass is 380 g/mol. The van der Waals surface area contributed by atoms with Crippen LogP contribution in [-0.4, -0.2) is 35.4 Å². The molecule has 0 unspecified atom stereocenters. The maximum atomic E-state index is 12.8. The van der Waals surface area contributed by atoms with Crippen molar-refractivity contribution in [2.45, 2.75) is 6.42 Å². The molecule has 2 aromatic carbocycles. The van der Waals surface area contributed by atoms with Gasteiger partial charge in [0.05, 0.1) is 12.7 Å². The van der Waals surface area contributed by atoms with Crippen LogP contribution in [0.3, 0.4) is 0 Å². The van der Waals surface area contributed by atoms with E-state index in [4.69, 9.17) is 16.3 Å². The number of aromatic amines is 1. The average molecular weight is 381 g/mol. The fraction of sp³-hybridized carbons (Fsp3) is 0.143. The van der Waals surface area contributed by atoms with Gasteiger partial charge in [-0.25, -0.2) is 0 Å². The van der Waals surface area contributed by atoms with Gasteiger partial charge in [-0.1, -0.05) is 41.9 Å². The van der Waals surface area contributed by atoms with Gasteiger partial charge < -0.3 is 9.72 Å². The normalized spacial score (nSPS) is 14.5. The molecule has 0 fully saturated rings. The lowest BCUT2D eigenvalue weighted by atomic mass is 10.1. The molecule has 6 heteroatoms. The first-order valence-corrected chi connectivity index (χ1v) is 8.93. The number of aromatic nitrogens is 1. The van der Waals surface area contributed by atoms with E-state index in [1.54, 1.807) is 31.4 Å². The zero-order valence-corrected chi connectivity index (χ0v) is 15.4. The summed E-state index contributed by atoms with van der Waals surface area (Å²) in [6.07, 6.45) is 2.47. The third-order valence-corrected chi connectivity index (χ3v) is 5.12. The van der Waals surface area contributed by atoms with E-state index in [0.717, 1.165) is 16.5 Å². The number of halogens is 1. The smallest absolute Gasteiger partial charge is 0.273 e. The van der Waals surface area contributed by atoms with Crippen LogP contribution in [0.5, 0.6) is 5.75 Å². The first kappa shape index (κ1) is 17.4. The molecule has 0 aliphatic carbocycles. The predicted molar refractivity (Wildman–Crippen MR) is 104 cm³/mol. The van der Waals surface area contributed by atoms with E-state index in [-0.39, 0.29) is 23.1 Å². The fourth-order valence-electron chi connectivity index (χ4n) is 3.33. The molecule has 0 saturated heterocycles. The van der Waals surface area contributed by atoms with E-state index in [9.17, 15) is 9.59 Å². The molecule has 1 aromatic heterocycles. The Morgan fingerprint density at radius 2 is 1.78 bits per heavy atom. The topological polar surface area (TPSA) is 62.4 Å². The van der Waals surface area contributed by atoms with Crippen molar-refractivity contribution in [3.05, 3.63) is 70.9 Å². The highest BCUT2D eigenvalue weighted by Gasteiger charge is 2.37. The van der Waals surface area contributed by atoms with Crippen LogP contribution in [0.1, 0.15) is 11.1 Å². The molecule has 0 radical (unpaired) electrons. The van der Waals surface area contributed by atoms with Gasteiger partial charge >= 0.3 is 0 Å². The highest BCUT2D eigenvalue weighted by molar-refractivity contribution is 6.55. The van der Waals surface area contributed by atoms with E-state index >= 15 is 0 Å². The van der Waals surface area contributed by atoms with Gasteiger partial charge in [-0.15, -0.1) is 0 Å². The Balaban J connectivity index is 1.55. The Morgan fingerprint density at radius 1 is 1.04 bits per heavy atom. The van der Waals surface area contributed by atoms with Crippen LogP contribution < -0.4 is 4.74 Å². The van der Waals surface area contributed by atoms with Crippen molar-refractivity contribution in [1.29, 1.82) is 0 Å². The second-order valence-corrected chi connectivity index (χ2v) is 6.67. The molecule has 1 aliphatic rings. The van der Waals surface area contributed by atoms with Gasteiger partial charge in [0.1, 0.15) is 10.8 Å². The minimum atomic E-state index is -0.452. The van der Waals surface area contributed by atoms with Crippen LogP contribution >= 0.6 is 11.6 Å². The van der Waals surface area contributed by atoms with E-state index in [2.05, 4.69) is 4.98 Å². The number of carbonyl (C=O) groups excluding carboxylic acids is 2. The Labute approximate surface area is 161 Å². The molecule has 0 atom stereocenters. The molecule has 3 aromatic rings. The molecule has 2 amide bonds. The molecule has 1 N–H and O–H groups in total. The van der Waals surface area contributed by atoms with Gasteiger partial charge in [0.15, 0.2) is 0 Å². The number of hydrogen-bond donors (Lipinski definition) is 1. The van der Waals surface area contributed by atoms with Crippen molar-refractivity contribution >= 4 is 39.9 Å². The highest BCUT2D eigenvalue weighted by atomic mass is 35.5. The van der Waals surface area contributed by atoms with E-state index < -0.39 is 5.91 Å². The number of ether oxygens (including phenoxy) is 1. The maximum Gasteiger partial charge on any atom is 0.273 e. The summed E-state index contributed by atoms with van der Waals surface area (Å²) in [6, 6.07) is 14.9. The van der Waals surface area contributed by atoms with Crippen LogP contribution in [0.2, 0.25) is 0 Å². The van der Waals surface area contributed by atoms with Gasteiger partial charge in [0, 0.05) is 23.6 Å². The minimum Gasteiger partial charge on any atom is -0.497 e. The van der Waals surface area contributed by atoms with Gasteiger partial charge in [-0.2, -0.15) is 0 Å². The maximum absolute atomic E-state index is 12.8. The number of H-pyrrole nitrogens is 1. The van der Waals surface area contributed by atoms with Crippen molar-refractivity contribution in [1.82, 2.24) is 9.88 Å². The number of nitrogens with zero attached hydrogens (tertiary/aromatic N) is 1. The number of rotatable bonds is 5. The number of methoxy groups -OCH3 is 1. The van der Waals surface area contributed by atoms with Crippen LogP contribution in [0, 0.1) is 0 Å². The lowest BCUT2D eigenvalue weighted by molar-refractivity contribution is -0.136. The summed E-state index contributed by atoms with van der Waals surface area (Å²) in [6.45, 7) is 0.273. The summed E-state index contributed by atoms with van der Waals surface area (Å²) in [5, 5.41) is 1.05. The van der Waals surface area contributed by atoms with Gasteiger partial charge in [-0.3, -0.25) is 14.5 Å². The number of amides is 2. The van der Waals surface area contributed by atoms with Crippen molar-refractivity contribution in [2.75, 3.05) is 13.7 Å². The van der Waals surface area contributed by atoms with Crippen LogP contribution in [0.25, 0.3) is 16.5 Å². The average Bonchev–Trinajstić information content (AvgIpc) is 3.20. The Hall–Kier alpha value is -3.05. The molecular formula is C21H17ClN2O3. The van der Waals surface area contributed by atoms with Crippen LogP contribution in [-0.2, 0) is 16.0 Å².